The SMILES string of the molecule is c1ccc(-c2nc(-n3c4ccccc4c4cc5ccccc5cc43)c3ccc(-c4ccc5ccccc5c4)cc3n2)cc1. The van der Waals surface area contributed by atoms with E-state index in [-0.39, 0.29) is 0 Å². The summed E-state index contributed by atoms with van der Waals surface area (Å²) in [6.45, 7) is 0. The van der Waals surface area contributed by atoms with E-state index in [0.29, 0.717) is 5.82 Å². The van der Waals surface area contributed by atoms with Crippen molar-refractivity contribution in [1.82, 2.24) is 14.5 Å². The lowest BCUT2D eigenvalue weighted by molar-refractivity contribution is 1.08. The summed E-state index contributed by atoms with van der Waals surface area (Å²) < 4.78 is 2.32. The molecule has 0 fully saturated rings. The van der Waals surface area contributed by atoms with E-state index in [1.165, 1.54) is 37.9 Å². The van der Waals surface area contributed by atoms with Crippen molar-refractivity contribution in [2.75, 3.05) is 0 Å². The molecule has 43 heavy (non-hydrogen) atoms. The fourth-order valence-corrected chi connectivity index (χ4v) is 6.43. The van der Waals surface area contributed by atoms with Crippen LogP contribution in [0.5, 0.6) is 0 Å². The molecule has 0 aliphatic rings. The van der Waals surface area contributed by atoms with Crippen molar-refractivity contribution in [2.45, 2.75) is 0 Å². The van der Waals surface area contributed by atoms with Crippen molar-refractivity contribution < 1.29 is 0 Å². The Kier molecular flexibility index (Phi) is 5.20. The molecule has 0 N–H and O–H groups in total. The van der Waals surface area contributed by atoms with Gasteiger partial charge in [-0.1, -0.05) is 115 Å². The first-order chi connectivity index (χ1) is 21.3. The molecule has 0 unspecified atom stereocenters. The van der Waals surface area contributed by atoms with Gasteiger partial charge < -0.3 is 0 Å². The van der Waals surface area contributed by atoms with Crippen molar-refractivity contribution in [3.8, 4) is 28.3 Å². The van der Waals surface area contributed by atoms with E-state index < -0.39 is 0 Å². The van der Waals surface area contributed by atoms with Crippen molar-refractivity contribution >= 4 is 54.3 Å². The highest BCUT2D eigenvalue weighted by molar-refractivity contribution is 6.14. The number of fused-ring (bicyclic) bond motifs is 6. The lowest BCUT2D eigenvalue weighted by Gasteiger charge is -2.14. The Morgan fingerprint density at radius 2 is 1.02 bits per heavy atom. The molecule has 0 amide bonds. The Morgan fingerprint density at radius 3 is 1.86 bits per heavy atom. The second kappa shape index (κ2) is 9.37. The van der Waals surface area contributed by atoms with Gasteiger partial charge in [-0.15, -0.1) is 0 Å². The monoisotopic (exact) mass is 547 g/mol. The number of rotatable bonds is 3. The zero-order valence-corrected chi connectivity index (χ0v) is 23.3. The molecule has 3 heteroatoms. The van der Waals surface area contributed by atoms with Crippen molar-refractivity contribution in [3.63, 3.8) is 0 Å². The first kappa shape index (κ1) is 23.9. The average molecular weight is 548 g/mol. The van der Waals surface area contributed by atoms with Crippen LogP contribution in [0.15, 0.2) is 152 Å². The number of aromatic nitrogens is 3. The van der Waals surface area contributed by atoms with Gasteiger partial charge in [-0.2, -0.15) is 0 Å². The predicted molar refractivity (Wildman–Crippen MR) is 180 cm³/mol. The Hall–Kier alpha value is -5.80. The van der Waals surface area contributed by atoms with E-state index in [0.717, 1.165) is 38.9 Å². The standard InChI is InChI=1S/C40H25N3/c1-2-11-27(12-3-1)39-41-36-24-32(31-19-18-26-10-4-5-13-28(26)22-31)20-21-34(36)40(42-39)43-37-17-9-8-16-33(37)35-23-29-14-6-7-15-30(29)25-38(35)43/h1-25H. The molecule has 9 aromatic rings. The molecule has 2 aromatic heterocycles. The third-order valence-electron chi connectivity index (χ3n) is 8.54. The number of benzene rings is 7. The molecule has 0 aliphatic heterocycles. The summed E-state index contributed by atoms with van der Waals surface area (Å²) in [5.41, 5.74) is 6.48. The maximum Gasteiger partial charge on any atom is 0.162 e. The summed E-state index contributed by atoms with van der Waals surface area (Å²) in [4.78, 5) is 10.4. The molecule has 0 spiro atoms. The molecule has 0 radical (unpaired) electrons. The largest absolute Gasteiger partial charge is 0.293 e. The quantitative estimate of drug-likeness (QED) is 0.220. The fourth-order valence-electron chi connectivity index (χ4n) is 6.43. The van der Waals surface area contributed by atoms with Crippen LogP contribution in [0.3, 0.4) is 0 Å². The van der Waals surface area contributed by atoms with Crippen molar-refractivity contribution in [3.05, 3.63) is 152 Å². The molecule has 200 valence electrons. The number of hydrogen-bond acceptors (Lipinski definition) is 2. The van der Waals surface area contributed by atoms with Crippen LogP contribution in [0.2, 0.25) is 0 Å². The smallest absolute Gasteiger partial charge is 0.162 e. The number of para-hydroxylation sites is 1. The third-order valence-corrected chi connectivity index (χ3v) is 8.54. The van der Waals surface area contributed by atoms with Crippen LogP contribution < -0.4 is 0 Å². The van der Waals surface area contributed by atoms with Crippen LogP contribution in [0.4, 0.5) is 0 Å². The van der Waals surface area contributed by atoms with Gasteiger partial charge in [-0.25, -0.2) is 9.97 Å². The molecule has 0 bridgehead atoms. The molecule has 9 rings (SSSR count). The Bertz CT molecular complexity index is 2510. The van der Waals surface area contributed by atoms with E-state index in [2.05, 4.69) is 138 Å². The second-order valence-corrected chi connectivity index (χ2v) is 11.1. The van der Waals surface area contributed by atoms with Gasteiger partial charge in [0.2, 0.25) is 0 Å². The van der Waals surface area contributed by atoms with Gasteiger partial charge >= 0.3 is 0 Å². The Morgan fingerprint density at radius 1 is 0.372 bits per heavy atom. The molecular formula is C40H25N3. The molecule has 0 saturated carbocycles. The van der Waals surface area contributed by atoms with Gasteiger partial charge in [0.15, 0.2) is 5.82 Å². The Labute approximate surface area is 248 Å². The lowest BCUT2D eigenvalue weighted by atomic mass is 10.00. The number of nitrogens with zero attached hydrogens (tertiary/aromatic N) is 3. The van der Waals surface area contributed by atoms with Crippen LogP contribution >= 0.6 is 0 Å². The van der Waals surface area contributed by atoms with Crippen LogP contribution in [-0.2, 0) is 0 Å². The molecular weight excluding hydrogens is 522 g/mol. The van der Waals surface area contributed by atoms with E-state index in [4.69, 9.17) is 9.97 Å². The summed E-state index contributed by atoms with van der Waals surface area (Å²) in [7, 11) is 0. The van der Waals surface area contributed by atoms with Crippen LogP contribution in [-0.4, -0.2) is 14.5 Å². The zero-order valence-electron chi connectivity index (χ0n) is 23.3. The van der Waals surface area contributed by atoms with E-state index in [1.54, 1.807) is 0 Å². The first-order valence-corrected chi connectivity index (χ1v) is 14.6. The lowest BCUT2D eigenvalue weighted by Crippen LogP contribution is -2.03. The first-order valence-electron chi connectivity index (χ1n) is 14.6. The minimum Gasteiger partial charge on any atom is -0.293 e. The van der Waals surface area contributed by atoms with E-state index in [9.17, 15) is 0 Å². The van der Waals surface area contributed by atoms with Gasteiger partial charge in [0.05, 0.1) is 16.6 Å². The maximum atomic E-state index is 5.29. The summed E-state index contributed by atoms with van der Waals surface area (Å²) in [6.07, 6.45) is 0. The van der Waals surface area contributed by atoms with Crippen molar-refractivity contribution in [1.29, 1.82) is 0 Å². The van der Waals surface area contributed by atoms with Gasteiger partial charge in [0.1, 0.15) is 5.82 Å². The molecule has 0 atom stereocenters. The summed E-state index contributed by atoms with van der Waals surface area (Å²) in [5.74, 6) is 1.60. The molecule has 3 nitrogen and oxygen atoms in total. The topological polar surface area (TPSA) is 30.7 Å². The highest BCUT2D eigenvalue weighted by atomic mass is 15.1. The van der Waals surface area contributed by atoms with Crippen LogP contribution in [0.1, 0.15) is 0 Å². The van der Waals surface area contributed by atoms with E-state index >= 15 is 0 Å². The van der Waals surface area contributed by atoms with Crippen LogP contribution in [0, 0.1) is 0 Å². The molecule has 7 aromatic carbocycles. The van der Waals surface area contributed by atoms with Crippen molar-refractivity contribution in [2.24, 2.45) is 0 Å². The van der Waals surface area contributed by atoms with E-state index in [1.807, 2.05) is 18.2 Å². The minimum atomic E-state index is 0.713. The normalized spacial score (nSPS) is 11.7. The van der Waals surface area contributed by atoms with Crippen LogP contribution in [0.25, 0.3) is 82.6 Å². The predicted octanol–water partition coefficient (Wildman–Crippen LogP) is 10.4. The molecule has 2 heterocycles. The maximum absolute atomic E-state index is 5.29. The second-order valence-electron chi connectivity index (χ2n) is 11.1. The summed E-state index contributed by atoms with van der Waals surface area (Å²) >= 11 is 0. The number of hydrogen-bond donors (Lipinski definition) is 0. The van der Waals surface area contributed by atoms with Gasteiger partial charge in [0.25, 0.3) is 0 Å². The minimum absolute atomic E-state index is 0.713. The highest BCUT2D eigenvalue weighted by Crippen LogP contribution is 2.37. The summed E-state index contributed by atoms with van der Waals surface area (Å²) in [5, 5.41) is 8.35. The summed E-state index contributed by atoms with van der Waals surface area (Å²) in [6, 6.07) is 53.8. The fraction of sp³-hybridized carbons (Fsp3) is 0. The Balaban J connectivity index is 1.36. The van der Waals surface area contributed by atoms with Gasteiger partial charge in [-0.05, 0) is 69.1 Å². The highest BCUT2D eigenvalue weighted by Gasteiger charge is 2.18. The third kappa shape index (κ3) is 3.83. The molecule has 0 saturated heterocycles. The zero-order chi connectivity index (χ0) is 28.3. The average Bonchev–Trinajstić information content (AvgIpc) is 3.39. The van der Waals surface area contributed by atoms with Gasteiger partial charge in [0, 0.05) is 21.7 Å². The van der Waals surface area contributed by atoms with Gasteiger partial charge in [-0.3, -0.25) is 4.57 Å². The molecule has 0 aliphatic carbocycles.